The first kappa shape index (κ1) is 22.4. The number of carbonyl (C=O) groups is 2. The average Bonchev–Trinajstić information content (AvgIpc) is 2.98. The van der Waals surface area contributed by atoms with Crippen molar-refractivity contribution in [1.29, 1.82) is 0 Å². The molecule has 0 saturated heterocycles. The second kappa shape index (κ2) is 8.84. The summed E-state index contributed by atoms with van der Waals surface area (Å²) < 4.78 is 6.34. The molecule has 0 aliphatic rings. The molecular formula is C22H22Cl2N2O3S. The van der Waals surface area contributed by atoms with Gasteiger partial charge in [-0.1, -0.05) is 35.3 Å². The minimum Gasteiger partial charge on any atom is -0.483 e. The number of thiophene rings is 1. The highest BCUT2D eigenvalue weighted by atomic mass is 35.5. The van der Waals surface area contributed by atoms with Crippen LogP contribution < -0.4 is 15.4 Å². The molecule has 0 aliphatic carbocycles. The molecule has 1 heterocycles. The maximum absolute atomic E-state index is 12.6. The van der Waals surface area contributed by atoms with Crippen LogP contribution in [0.3, 0.4) is 0 Å². The molecule has 0 atom stereocenters. The zero-order valence-corrected chi connectivity index (χ0v) is 19.4. The monoisotopic (exact) mass is 464 g/mol. The number of hydrogen-bond acceptors (Lipinski definition) is 4. The number of anilines is 1. The van der Waals surface area contributed by atoms with Gasteiger partial charge >= 0.3 is 0 Å². The molecule has 0 aliphatic heterocycles. The molecular weight excluding hydrogens is 443 g/mol. The van der Waals surface area contributed by atoms with E-state index in [1.807, 2.05) is 33.8 Å². The number of carbonyl (C=O) groups excluding carboxylic acids is 2. The van der Waals surface area contributed by atoms with Crippen molar-refractivity contribution < 1.29 is 14.3 Å². The maximum Gasteiger partial charge on any atom is 0.263 e. The first-order valence-corrected chi connectivity index (χ1v) is 10.8. The molecule has 0 bridgehead atoms. The highest BCUT2D eigenvalue weighted by Gasteiger charge is 2.22. The third kappa shape index (κ3) is 5.25. The van der Waals surface area contributed by atoms with Crippen LogP contribution in [0.25, 0.3) is 10.1 Å². The second-order valence-corrected chi connectivity index (χ2v) is 9.71. The van der Waals surface area contributed by atoms with E-state index in [-0.39, 0.29) is 24.0 Å². The molecule has 1 aromatic heterocycles. The molecule has 0 saturated carbocycles. The van der Waals surface area contributed by atoms with Crippen molar-refractivity contribution in [3.05, 3.63) is 56.9 Å². The van der Waals surface area contributed by atoms with Crippen LogP contribution >= 0.6 is 34.5 Å². The van der Waals surface area contributed by atoms with Crippen molar-refractivity contribution in [1.82, 2.24) is 5.32 Å². The first-order chi connectivity index (χ1) is 14.0. The van der Waals surface area contributed by atoms with Crippen LogP contribution in [0, 0.1) is 6.92 Å². The summed E-state index contributed by atoms with van der Waals surface area (Å²) in [5.74, 6) is 0.0302. The molecule has 0 fully saturated rings. The molecule has 3 aromatic rings. The molecule has 0 unspecified atom stereocenters. The van der Waals surface area contributed by atoms with Crippen LogP contribution in [0.2, 0.25) is 10.0 Å². The number of fused-ring (bicyclic) bond motifs is 1. The number of nitrogens with one attached hydrogen (secondary N) is 2. The molecule has 8 heteroatoms. The fourth-order valence-corrected chi connectivity index (χ4v) is 4.53. The van der Waals surface area contributed by atoms with Gasteiger partial charge in [0.05, 0.1) is 15.4 Å². The van der Waals surface area contributed by atoms with Crippen LogP contribution in [-0.2, 0) is 4.79 Å². The normalized spacial score (nSPS) is 11.4. The SMILES string of the molecule is Cc1cc(Cl)ccc1OCC(=O)Nc1cccc2c(Cl)c(C(=O)NC(C)(C)C)sc12. The Kier molecular flexibility index (Phi) is 6.60. The predicted octanol–water partition coefficient (Wildman–Crippen LogP) is 6.06. The Morgan fingerprint density at radius 2 is 1.87 bits per heavy atom. The van der Waals surface area contributed by atoms with Gasteiger partial charge in [0, 0.05) is 15.9 Å². The van der Waals surface area contributed by atoms with Crippen LogP contribution in [0.1, 0.15) is 36.0 Å². The highest BCUT2D eigenvalue weighted by molar-refractivity contribution is 7.22. The second-order valence-electron chi connectivity index (χ2n) is 7.88. The lowest BCUT2D eigenvalue weighted by atomic mass is 10.1. The molecule has 0 spiro atoms. The van der Waals surface area contributed by atoms with Gasteiger partial charge in [0.15, 0.2) is 6.61 Å². The molecule has 0 radical (unpaired) electrons. The lowest BCUT2D eigenvalue weighted by Gasteiger charge is -2.19. The lowest BCUT2D eigenvalue weighted by molar-refractivity contribution is -0.118. The summed E-state index contributed by atoms with van der Waals surface area (Å²) in [6.45, 7) is 7.41. The highest BCUT2D eigenvalue weighted by Crippen LogP contribution is 2.39. The molecule has 2 aromatic carbocycles. The third-order valence-corrected chi connectivity index (χ3v) is 6.10. The zero-order chi connectivity index (χ0) is 22.1. The maximum atomic E-state index is 12.6. The van der Waals surface area contributed by atoms with E-state index < -0.39 is 0 Å². The number of amides is 2. The Morgan fingerprint density at radius 3 is 2.53 bits per heavy atom. The van der Waals surface area contributed by atoms with E-state index in [1.165, 1.54) is 11.3 Å². The molecule has 30 heavy (non-hydrogen) atoms. The quantitative estimate of drug-likeness (QED) is 0.481. The third-order valence-electron chi connectivity index (χ3n) is 4.12. The van der Waals surface area contributed by atoms with E-state index >= 15 is 0 Å². The van der Waals surface area contributed by atoms with E-state index in [0.29, 0.717) is 31.7 Å². The number of halogens is 2. The number of rotatable bonds is 5. The predicted molar refractivity (Wildman–Crippen MR) is 124 cm³/mol. The summed E-state index contributed by atoms with van der Waals surface area (Å²) >= 11 is 13.6. The Bertz CT molecular complexity index is 1120. The van der Waals surface area contributed by atoms with Crippen molar-refractivity contribution in [3.63, 3.8) is 0 Å². The van der Waals surface area contributed by atoms with Crippen LogP contribution in [0.4, 0.5) is 5.69 Å². The summed E-state index contributed by atoms with van der Waals surface area (Å²) in [7, 11) is 0. The van der Waals surface area contributed by atoms with Gasteiger partial charge in [0.2, 0.25) is 0 Å². The fourth-order valence-electron chi connectivity index (χ4n) is 2.84. The zero-order valence-electron chi connectivity index (χ0n) is 17.1. The summed E-state index contributed by atoms with van der Waals surface area (Å²) in [4.78, 5) is 25.5. The minimum atomic E-state index is -0.384. The summed E-state index contributed by atoms with van der Waals surface area (Å²) in [5.41, 5.74) is 1.04. The first-order valence-electron chi connectivity index (χ1n) is 9.27. The largest absolute Gasteiger partial charge is 0.483 e. The van der Waals surface area contributed by atoms with Gasteiger partial charge in [0.1, 0.15) is 10.6 Å². The van der Waals surface area contributed by atoms with Crippen molar-refractivity contribution in [2.45, 2.75) is 33.2 Å². The summed E-state index contributed by atoms with van der Waals surface area (Å²) in [5, 5.41) is 7.46. The molecule has 158 valence electrons. The van der Waals surface area contributed by atoms with E-state index in [2.05, 4.69) is 10.6 Å². The number of benzene rings is 2. The Balaban J connectivity index is 1.78. The van der Waals surface area contributed by atoms with Gasteiger partial charge < -0.3 is 15.4 Å². The van der Waals surface area contributed by atoms with E-state index in [4.69, 9.17) is 27.9 Å². The van der Waals surface area contributed by atoms with E-state index in [0.717, 1.165) is 10.3 Å². The molecule has 2 amide bonds. The summed E-state index contributed by atoms with van der Waals surface area (Å²) in [6, 6.07) is 10.6. The topological polar surface area (TPSA) is 67.4 Å². The van der Waals surface area contributed by atoms with Crippen molar-refractivity contribution in [2.75, 3.05) is 11.9 Å². The van der Waals surface area contributed by atoms with Crippen LogP contribution in [0.15, 0.2) is 36.4 Å². The number of ether oxygens (including phenoxy) is 1. The van der Waals surface area contributed by atoms with Crippen LogP contribution in [0.5, 0.6) is 5.75 Å². The summed E-state index contributed by atoms with van der Waals surface area (Å²) in [6.07, 6.45) is 0. The molecule has 2 N–H and O–H groups in total. The lowest BCUT2D eigenvalue weighted by Crippen LogP contribution is -2.40. The van der Waals surface area contributed by atoms with Crippen molar-refractivity contribution in [2.24, 2.45) is 0 Å². The van der Waals surface area contributed by atoms with Crippen molar-refractivity contribution in [3.8, 4) is 5.75 Å². The average molecular weight is 465 g/mol. The Morgan fingerprint density at radius 1 is 1.13 bits per heavy atom. The number of hydrogen-bond donors (Lipinski definition) is 2. The van der Waals surface area contributed by atoms with Gasteiger partial charge in [-0.05, 0) is 57.5 Å². The van der Waals surface area contributed by atoms with E-state index in [9.17, 15) is 9.59 Å². The number of aryl methyl sites for hydroxylation is 1. The van der Waals surface area contributed by atoms with Gasteiger partial charge in [-0.15, -0.1) is 11.3 Å². The smallest absolute Gasteiger partial charge is 0.263 e. The van der Waals surface area contributed by atoms with E-state index in [1.54, 1.807) is 30.3 Å². The minimum absolute atomic E-state index is 0.157. The van der Waals surface area contributed by atoms with Gasteiger partial charge in [-0.2, -0.15) is 0 Å². The molecule has 3 rings (SSSR count). The molecule has 5 nitrogen and oxygen atoms in total. The standard InChI is InChI=1S/C22H22Cl2N2O3S/c1-12-10-13(23)8-9-16(12)29-11-17(27)25-15-7-5-6-14-18(24)20(30-19(14)15)21(28)26-22(2,3)4/h5-10H,11H2,1-4H3,(H,25,27)(H,26,28). The fraction of sp³-hybridized carbons (Fsp3) is 0.273. The van der Waals surface area contributed by atoms with Gasteiger partial charge in [-0.25, -0.2) is 0 Å². The van der Waals surface area contributed by atoms with Crippen LogP contribution in [-0.4, -0.2) is 24.0 Å². The Labute approximate surface area is 189 Å². The Hall–Kier alpha value is -2.28. The van der Waals surface area contributed by atoms with Crippen molar-refractivity contribution >= 4 is 62.1 Å². The van der Waals surface area contributed by atoms with Gasteiger partial charge in [0.25, 0.3) is 11.8 Å². The van der Waals surface area contributed by atoms with Gasteiger partial charge in [-0.3, -0.25) is 9.59 Å².